The number of alkyl halides is 3. The normalized spacial score (nSPS) is 46.0. The summed E-state index contributed by atoms with van der Waals surface area (Å²) in [6.07, 6.45) is 1.06. The third-order valence-corrected chi connectivity index (χ3v) is 18.6. The summed E-state index contributed by atoms with van der Waals surface area (Å²) in [7, 11) is 0. The van der Waals surface area contributed by atoms with Gasteiger partial charge in [-0.1, -0.05) is 72.2 Å². The number of aliphatic hydroxyl groups is 4. The van der Waals surface area contributed by atoms with Gasteiger partial charge in [0.1, 0.15) is 24.4 Å². The number of aliphatic hydroxyl groups excluding tert-OH is 4. The summed E-state index contributed by atoms with van der Waals surface area (Å²) in [4.78, 5) is 18.3. The zero-order valence-corrected chi connectivity index (χ0v) is 36.2. The Labute approximate surface area is 348 Å². The summed E-state index contributed by atoms with van der Waals surface area (Å²) in [6, 6.07) is 5.74. The molecule has 0 bridgehead atoms. The van der Waals surface area contributed by atoms with Gasteiger partial charge in [0, 0.05) is 37.3 Å². The number of anilines is 1. The van der Waals surface area contributed by atoms with Crippen molar-refractivity contribution in [3.05, 3.63) is 41.5 Å². The van der Waals surface area contributed by atoms with Crippen molar-refractivity contribution in [2.45, 2.75) is 156 Å². The number of piperazine rings is 1. The van der Waals surface area contributed by atoms with Crippen LogP contribution in [0.5, 0.6) is 0 Å². The van der Waals surface area contributed by atoms with Crippen LogP contribution >= 0.6 is 0 Å². The zero-order valence-electron chi connectivity index (χ0n) is 36.2. The van der Waals surface area contributed by atoms with Gasteiger partial charge in [0.15, 0.2) is 6.29 Å². The Morgan fingerprint density at radius 1 is 0.847 bits per heavy atom. The van der Waals surface area contributed by atoms with E-state index < -0.39 is 54.5 Å². The SMILES string of the molecule is CC1(C)[C@@H](O[C@@H]2O[C@H](CO)[C@@H](O)[C@H](O)[C@H]2O)CC[C@]2(C)[C@H]3CC=C4[C@@H]5C[C@@](C)(C(=O)N6CCN(c7ccccc7C(F)(F)F)CC6)CC[C@]5(C)CC[C@@]4(C)[C@]3(C)CC[C@@H]12. The first-order valence-electron chi connectivity index (χ1n) is 22.4. The molecule has 0 spiro atoms. The molecular weight excluding hydrogens is 762 g/mol. The summed E-state index contributed by atoms with van der Waals surface area (Å²) in [6.45, 7) is 17.8. The number of ether oxygens (including phenoxy) is 2. The van der Waals surface area contributed by atoms with Crippen molar-refractivity contribution in [2.75, 3.05) is 37.7 Å². The number of benzene rings is 1. The first-order valence-corrected chi connectivity index (χ1v) is 22.4. The molecule has 2 aliphatic heterocycles. The van der Waals surface area contributed by atoms with Gasteiger partial charge in [0.2, 0.25) is 5.91 Å². The molecule has 2 heterocycles. The van der Waals surface area contributed by atoms with E-state index >= 15 is 0 Å². The fourth-order valence-electron chi connectivity index (χ4n) is 14.6. The molecule has 8 rings (SSSR count). The van der Waals surface area contributed by atoms with Gasteiger partial charge in [0.25, 0.3) is 0 Å². The number of fused-ring (bicyclic) bond motifs is 7. The van der Waals surface area contributed by atoms with Crippen molar-refractivity contribution < 1.29 is 47.9 Å². The number of rotatable bonds is 5. The van der Waals surface area contributed by atoms with Crippen LogP contribution in [0.25, 0.3) is 0 Å². The summed E-state index contributed by atoms with van der Waals surface area (Å²) in [5, 5.41) is 41.5. The predicted molar refractivity (Wildman–Crippen MR) is 218 cm³/mol. The highest BCUT2D eigenvalue weighted by molar-refractivity contribution is 5.83. The molecule has 330 valence electrons. The monoisotopic (exact) mass is 831 g/mol. The van der Waals surface area contributed by atoms with E-state index in [4.69, 9.17) is 9.47 Å². The van der Waals surface area contributed by atoms with Gasteiger partial charge in [0.05, 0.1) is 18.3 Å². The lowest BCUT2D eigenvalue weighted by Gasteiger charge is -2.71. The fraction of sp³-hybridized carbons (Fsp3) is 0.809. The maximum absolute atomic E-state index is 14.6. The largest absolute Gasteiger partial charge is 0.418 e. The highest BCUT2D eigenvalue weighted by atomic mass is 19.4. The van der Waals surface area contributed by atoms with E-state index in [0.717, 1.165) is 70.3 Å². The number of amides is 1. The lowest BCUT2D eigenvalue weighted by atomic mass is 9.33. The topological polar surface area (TPSA) is 123 Å². The highest BCUT2D eigenvalue weighted by Crippen LogP contribution is 2.76. The van der Waals surface area contributed by atoms with Crippen molar-refractivity contribution in [1.82, 2.24) is 4.90 Å². The van der Waals surface area contributed by atoms with Gasteiger partial charge in [-0.15, -0.1) is 0 Å². The molecule has 1 aromatic rings. The smallest absolute Gasteiger partial charge is 0.394 e. The van der Waals surface area contributed by atoms with Crippen molar-refractivity contribution in [1.29, 1.82) is 0 Å². The number of hydrogen-bond acceptors (Lipinski definition) is 8. The molecule has 1 amide bonds. The molecule has 0 unspecified atom stereocenters. The molecule has 2 saturated heterocycles. The minimum Gasteiger partial charge on any atom is -0.394 e. The second kappa shape index (κ2) is 14.7. The van der Waals surface area contributed by atoms with Crippen molar-refractivity contribution in [2.24, 2.45) is 50.2 Å². The highest BCUT2D eigenvalue weighted by Gasteiger charge is 2.68. The number of halogens is 3. The molecule has 5 aliphatic carbocycles. The van der Waals surface area contributed by atoms with Crippen LogP contribution in [0.15, 0.2) is 35.9 Å². The molecule has 4 N–H and O–H groups in total. The Bertz CT molecular complexity index is 1800. The average Bonchev–Trinajstić information content (AvgIpc) is 3.19. The zero-order chi connectivity index (χ0) is 42.7. The lowest BCUT2D eigenvalue weighted by Crippen LogP contribution is -2.65. The van der Waals surface area contributed by atoms with Crippen LogP contribution in [0, 0.1) is 50.2 Å². The molecule has 1 aromatic carbocycles. The number of para-hydroxylation sites is 1. The maximum Gasteiger partial charge on any atom is 0.418 e. The molecule has 0 radical (unpaired) electrons. The molecule has 4 saturated carbocycles. The number of carbonyl (C=O) groups is 1. The van der Waals surface area contributed by atoms with Crippen LogP contribution in [0.2, 0.25) is 0 Å². The van der Waals surface area contributed by atoms with Crippen LogP contribution < -0.4 is 4.90 Å². The number of allylic oxidation sites excluding steroid dienone is 2. The van der Waals surface area contributed by atoms with Crippen LogP contribution in [0.1, 0.15) is 118 Å². The lowest BCUT2D eigenvalue weighted by molar-refractivity contribution is -0.330. The summed E-state index contributed by atoms with van der Waals surface area (Å²) >= 11 is 0. The Morgan fingerprint density at radius 3 is 2.20 bits per heavy atom. The predicted octanol–water partition coefficient (Wildman–Crippen LogP) is 7.34. The van der Waals surface area contributed by atoms with E-state index in [0.29, 0.717) is 38.0 Å². The van der Waals surface area contributed by atoms with Crippen LogP contribution in [-0.2, 0) is 20.4 Å². The molecular formula is C47H69F3N2O7. The van der Waals surface area contributed by atoms with E-state index in [1.54, 1.807) is 16.5 Å². The number of nitrogens with zero attached hydrogens (tertiary/aromatic N) is 2. The van der Waals surface area contributed by atoms with Crippen LogP contribution in [-0.4, -0.2) is 101 Å². The van der Waals surface area contributed by atoms with Gasteiger partial charge < -0.3 is 39.7 Å². The summed E-state index contributed by atoms with van der Waals surface area (Å²) in [5.41, 5.74) is 0.446. The van der Waals surface area contributed by atoms with Gasteiger partial charge in [-0.3, -0.25) is 4.79 Å². The molecule has 7 aliphatic rings. The second-order valence-corrected chi connectivity index (χ2v) is 21.7. The first kappa shape index (κ1) is 43.4. The Kier molecular flexibility index (Phi) is 10.8. The first-order chi connectivity index (χ1) is 27.5. The molecule has 14 atom stereocenters. The van der Waals surface area contributed by atoms with E-state index in [1.807, 2.05) is 4.90 Å². The van der Waals surface area contributed by atoms with E-state index in [1.165, 1.54) is 12.1 Å². The van der Waals surface area contributed by atoms with E-state index in [2.05, 4.69) is 54.5 Å². The maximum atomic E-state index is 14.6. The Hall–Kier alpha value is -2.22. The van der Waals surface area contributed by atoms with Gasteiger partial charge in [-0.2, -0.15) is 13.2 Å². The van der Waals surface area contributed by atoms with Gasteiger partial charge in [-0.05, 0) is 121 Å². The minimum atomic E-state index is -4.44. The third kappa shape index (κ3) is 6.65. The molecule has 6 fully saturated rings. The van der Waals surface area contributed by atoms with E-state index in [-0.39, 0.29) is 50.7 Å². The summed E-state index contributed by atoms with van der Waals surface area (Å²) in [5.74, 6) is 1.21. The standard InChI is InChI=1S/C47H69F3N2O7/c1-41(2)33-14-17-46(7)34(44(33,5)16-15-35(41)59-39-38(56)37(55)36(54)32(27-53)58-39)13-12-28-30-26-43(4,19-18-42(30,3)20-21-45(28,46)6)40(57)52-24-22-51(23-25-52)31-11-9-8-10-29(31)47(48,49)50/h8-12,30,32-39,53-56H,13-27H2,1-7H3/t30-,32+,33-,34+,35-,36+,37-,38+,39-,42+,43-,44-,45+,46+/m0/s1. The van der Waals surface area contributed by atoms with Crippen molar-refractivity contribution >= 4 is 11.6 Å². The second-order valence-electron chi connectivity index (χ2n) is 21.7. The van der Waals surface area contributed by atoms with Crippen molar-refractivity contribution in [3.8, 4) is 0 Å². The quantitative estimate of drug-likeness (QED) is 0.180. The average molecular weight is 831 g/mol. The molecule has 12 heteroatoms. The van der Waals surface area contributed by atoms with Crippen LogP contribution in [0.3, 0.4) is 0 Å². The molecule has 0 aromatic heterocycles. The fourth-order valence-corrected chi connectivity index (χ4v) is 14.6. The van der Waals surface area contributed by atoms with Gasteiger partial charge >= 0.3 is 6.18 Å². The number of carbonyl (C=O) groups excluding carboxylic acids is 1. The molecule has 59 heavy (non-hydrogen) atoms. The third-order valence-electron chi connectivity index (χ3n) is 18.6. The van der Waals surface area contributed by atoms with Gasteiger partial charge in [-0.25, -0.2) is 0 Å². The van der Waals surface area contributed by atoms with E-state index in [9.17, 15) is 38.4 Å². The summed E-state index contributed by atoms with van der Waals surface area (Å²) < 4.78 is 53.9. The molecule has 9 nitrogen and oxygen atoms in total. The Balaban J connectivity index is 0.996. The van der Waals surface area contributed by atoms with Crippen molar-refractivity contribution in [3.63, 3.8) is 0 Å². The minimum absolute atomic E-state index is 0.0251. The van der Waals surface area contributed by atoms with Crippen LogP contribution in [0.4, 0.5) is 18.9 Å². The number of hydrogen-bond donors (Lipinski definition) is 4. The Morgan fingerprint density at radius 2 is 1.53 bits per heavy atom.